The standard InChI is InChI=1S/C21H31N3O3/c1-4-11-24(19-9-6-5-7-10-19)20(25)16-22-12-8-13-23(15-14-22)21(26)27-17-18(2)3/h4-7,9-10,18H,1,8,11-17H2,2-3H3. The van der Waals surface area contributed by atoms with Crippen LogP contribution < -0.4 is 4.90 Å². The van der Waals surface area contributed by atoms with Gasteiger partial charge in [0.15, 0.2) is 0 Å². The summed E-state index contributed by atoms with van der Waals surface area (Å²) in [7, 11) is 0. The highest BCUT2D eigenvalue weighted by molar-refractivity contribution is 5.95. The lowest BCUT2D eigenvalue weighted by Crippen LogP contribution is -2.42. The Morgan fingerprint density at radius 2 is 1.93 bits per heavy atom. The maximum atomic E-state index is 12.8. The van der Waals surface area contributed by atoms with Crippen LogP contribution in [0.1, 0.15) is 20.3 Å². The minimum atomic E-state index is -0.255. The molecule has 0 bridgehead atoms. The van der Waals surface area contributed by atoms with Crippen molar-refractivity contribution in [3.05, 3.63) is 43.0 Å². The van der Waals surface area contributed by atoms with Gasteiger partial charge in [-0.3, -0.25) is 9.69 Å². The summed E-state index contributed by atoms with van der Waals surface area (Å²) in [6.45, 7) is 11.7. The van der Waals surface area contributed by atoms with Crippen molar-refractivity contribution in [2.45, 2.75) is 20.3 Å². The summed E-state index contributed by atoms with van der Waals surface area (Å²) >= 11 is 0. The van der Waals surface area contributed by atoms with E-state index in [9.17, 15) is 9.59 Å². The highest BCUT2D eigenvalue weighted by Crippen LogP contribution is 2.14. The molecule has 1 saturated heterocycles. The van der Waals surface area contributed by atoms with Gasteiger partial charge in [-0.05, 0) is 24.5 Å². The number of carbonyl (C=O) groups is 2. The Morgan fingerprint density at radius 1 is 1.19 bits per heavy atom. The van der Waals surface area contributed by atoms with E-state index in [-0.39, 0.29) is 12.0 Å². The van der Waals surface area contributed by atoms with Crippen LogP contribution in [0, 0.1) is 5.92 Å². The molecular formula is C21H31N3O3. The first-order chi connectivity index (χ1) is 13.0. The number of benzene rings is 1. The van der Waals surface area contributed by atoms with Crippen LogP contribution in [-0.4, -0.2) is 67.7 Å². The Kier molecular flexibility index (Phi) is 8.33. The number of carbonyl (C=O) groups excluding carboxylic acids is 2. The van der Waals surface area contributed by atoms with Gasteiger partial charge in [-0.25, -0.2) is 4.79 Å². The highest BCUT2D eigenvalue weighted by atomic mass is 16.6. The van der Waals surface area contributed by atoms with Crippen LogP contribution in [0.3, 0.4) is 0 Å². The molecular weight excluding hydrogens is 342 g/mol. The zero-order chi connectivity index (χ0) is 19.6. The molecule has 0 atom stereocenters. The SMILES string of the molecule is C=CCN(C(=O)CN1CCCN(C(=O)OCC(C)C)CC1)c1ccccc1. The maximum Gasteiger partial charge on any atom is 0.409 e. The predicted molar refractivity (Wildman–Crippen MR) is 108 cm³/mol. The molecule has 1 fully saturated rings. The van der Waals surface area contributed by atoms with E-state index in [4.69, 9.17) is 4.74 Å². The van der Waals surface area contributed by atoms with Crippen LogP contribution >= 0.6 is 0 Å². The zero-order valence-electron chi connectivity index (χ0n) is 16.5. The second-order valence-electron chi connectivity index (χ2n) is 7.22. The van der Waals surface area contributed by atoms with E-state index >= 15 is 0 Å². The molecule has 0 radical (unpaired) electrons. The fraction of sp³-hybridized carbons (Fsp3) is 0.524. The molecule has 2 rings (SSSR count). The lowest BCUT2D eigenvalue weighted by Gasteiger charge is -2.26. The zero-order valence-corrected chi connectivity index (χ0v) is 16.5. The van der Waals surface area contributed by atoms with E-state index in [1.54, 1.807) is 15.9 Å². The average molecular weight is 373 g/mol. The molecule has 2 amide bonds. The van der Waals surface area contributed by atoms with Gasteiger partial charge in [0.2, 0.25) is 5.91 Å². The van der Waals surface area contributed by atoms with E-state index in [0.29, 0.717) is 45.2 Å². The van der Waals surface area contributed by atoms with Crippen LogP contribution in [0.2, 0.25) is 0 Å². The lowest BCUT2D eigenvalue weighted by molar-refractivity contribution is -0.119. The highest BCUT2D eigenvalue weighted by Gasteiger charge is 2.23. The summed E-state index contributed by atoms with van der Waals surface area (Å²) in [6.07, 6.45) is 2.31. The number of nitrogens with zero attached hydrogens (tertiary/aromatic N) is 3. The largest absolute Gasteiger partial charge is 0.449 e. The molecule has 6 heteroatoms. The Morgan fingerprint density at radius 3 is 2.59 bits per heavy atom. The smallest absolute Gasteiger partial charge is 0.409 e. The van der Waals surface area contributed by atoms with Crippen LogP contribution in [-0.2, 0) is 9.53 Å². The summed E-state index contributed by atoms with van der Waals surface area (Å²) in [5.74, 6) is 0.362. The molecule has 1 aromatic carbocycles. The molecule has 0 spiro atoms. The maximum absolute atomic E-state index is 12.8. The molecule has 1 aliphatic rings. The normalized spacial score (nSPS) is 15.3. The Hall–Kier alpha value is -2.34. The molecule has 0 aliphatic carbocycles. The third-order valence-corrected chi connectivity index (χ3v) is 4.43. The van der Waals surface area contributed by atoms with Gasteiger partial charge in [-0.2, -0.15) is 0 Å². The molecule has 0 aromatic heterocycles. The summed E-state index contributed by atoms with van der Waals surface area (Å²) in [5, 5.41) is 0. The molecule has 0 unspecified atom stereocenters. The van der Waals surface area contributed by atoms with Crippen molar-refractivity contribution in [2.24, 2.45) is 5.92 Å². The first-order valence-corrected chi connectivity index (χ1v) is 9.61. The number of hydrogen-bond acceptors (Lipinski definition) is 4. The predicted octanol–water partition coefficient (Wildman–Crippen LogP) is 3.01. The molecule has 1 heterocycles. The monoisotopic (exact) mass is 373 g/mol. The quantitative estimate of drug-likeness (QED) is 0.690. The molecule has 6 nitrogen and oxygen atoms in total. The van der Waals surface area contributed by atoms with Crippen LogP contribution in [0.5, 0.6) is 0 Å². The van der Waals surface area contributed by atoms with E-state index in [1.807, 2.05) is 44.2 Å². The minimum Gasteiger partial charge on any atom is -0.449 e. The Balaban J connectivity index is 1.90. The Labute approximate surface area is 162 Å². The van der Waals surface area contributed by atoms with Crippen molar-refractivity contribution in [3.63, 3.8) is 0 Å². The van der Waals surface area contributed by atoms with Crippen molar-refractivity contribution in [1.82, 2.24) is 9.80 Å². The first kappa shape index (κ1) is 21.0. The van der Waals surface area contributed by atoms with Crippen molar-refractivity contribution >= 4 is 17.7 Å². The second-order valence-corrected chi connectivity index (χ2v) is 7.22. The lowest BCUT2D eigenvalue weighted by atomic mass is 10.2. The summed E-state index contributed by atoms with van der Waals surface area (Å²) in [6, 6.07) is 9.63. The van der Waals surface area contributed by atoms with Gasteiger partial charge >= 0.3 is 6.09 Å². The van der Waals surface area contributed by atoms with Gasteiger partial charge in [0.05, 0.1) is 13.2 Å². The molecule has 0 N–H and O–H groups in total. The minimum absolute atomic E-state index is 0.0388. The van der Waals surface area contributed by atoms with Gasteiger partial charge < -0.3 is 14.5 Å². The average Bonchev–Trinajstić information content (AvgIpc) is 2.90. The van der Waals surface area contributed by atoms with E-state index < -0.39 is 0 Å². The van der Waals surface area contributed by atoms with Gasteiger partial charge in [-0.15, -0.1) is 6.58 Å². The number of amides is 2. The topological polar surface area (TPSA) is 53.1 Å². The second kappa shape index (κ2) is 10.7. The van der Waals surface area contributed by atoms with Gasteiger partial charge in [-0.1, -0.05) is 38.1 Å². The fourth-order valence-electron chi connectivity index (χ4n) is 3.01. The summed E-state index contributed by atoms with van der Waals surface area (Å²) in [4.78, 5) is 30.6. The Bertz CT molecular complexity index is 618. The van der Waals surface area contributed by atoms with Crippen molar-refractivity contribution < 1.29 is 14.3 Å². The van der Waals surface area contributed by atoms with E-state index in [0.717, 1.165) is 18.7 Å². The molecule has 148 valence electrons. The number of anilines is 1. The van der Waals surface area contributed by atoms with Crippen LogP contribution in [0.15, 0.2) is 43.0 Å². The van der Waals surface area contributed by atoms with Crippen LogP contribution in [0.25, 0.3) is 0 Å². The fourth-order valence-corrected chi connectivity index (χ4v) is 3.01. The van der Waals surface area contributed by atoms with Crippen molar-refractivity contribution in [1.29, 1.82) is 0 Å². The molecule has 27 heavy (non-hydrogen) atoms. The van der Waals surface area contributed by atoms with Crippen molar-refractivity contribution in [2.75, 3.05) is 50.8 Å². The van der Waals surface area contributed by atoms with Crippen LogP contribution in [0.4, 0.5) is 10.5 Å². The summed E-state index contributed by atoms with van der Waals surface area (Å²) in [5.41, 5.74) is 0.871. The number of para-hydroxylation sites is 1. The third-order valence-electron chi connectivity index (χ3n) is 4.43. The van der Waals surface area contributed by atoms with E-state index in [2.05, 4.69) is 11.5 Å². The van der Waals surface area contributed by atoms with Gasteiger partial charge in [0.25, 0.3) is 0 Å². The molecule has 0 saturated carbocycles. The number of rotatable bonds is 7. The van der Waals surface area contributed by atoms with Gasteiger partial charge in [0.1, 0.15) is 0 Å². The molecule has 1 aromatic rings. The number of hydrogen-bond donors (Lipinski definition) is 0. The molecule has 1 aliphatic heterocycles. The first-order valence-electron chi connectivity index (χ1n) is 9.61. The third kappa shape index (κ3) is 6.71. The van der Waals surface area contributed by atoms with Gasteiger partial charge in [0, 0.05) is 38.4 Å². The van der Waals surface area contributed by atoms with E-state index in [1.165, 1.54) is 0 Å². The van der Waals surface area contributed by atoms with Crippen molar-refractivity contribution in [3.8, 4) is 0 Å². The number of ether oxygens (including phenoxy) is 1. The summed E-state index contributed by atoms with van der Waals surface area (Å²) < 4.78 is 5.33.